The lowest BCUT2D eigenvalue weighted by atomic mass is 9.83. The zero-order chi connectivity index (χ0) is 12.3. The van der Waals surface area contributed by atoms with E-state index in [2.05, 4.69) is 0 Å². The number of hydrogen-bond donors (Lipinski definition) is 1. The van der Waals surface area contributed by atoms with Crippen molar-refractivity contribution in [2.24, 2.45) is 0 Å². The van der Waals surface area contributed by atoms with Crippen molar-refractivity contribution in [2.45, 2.75) is 43.8 Å². The van der Waals surface area contributed by atoms with Gasteiger partial charge in [0.25, 0.3) is 0 Å². The van der Waals surface area contributed by atoms with Gasteiger partial charge in [0.2, 0.25) is 5.91 Å². The van der Waals surface area contributed by atoms with Crippen LogP contribution in [0.3, 0.4) is 0 Å². The third-order valence-corrected chi connectivity index (χ3v) is 3.72. The minimum atomic E-state index is -0.273. The maximum Gasteiger partial charge on any atom is 0.236 e. The summed E-state index contributed by atoms with van der Waals surface area (Å²) in [5.41, 5.74) is -0.235. The van der Waals surface area contributed by atoms with E-state index in [0.717, 1.165) is 12.8 Å². The molecule has 0 unspecified atom stereocenters. The summed E-state index contributed by atoms with van der Waals surface area (Å²) >= 11 is 0. The van der Waals surface area contributed by atoms with Crippen molar-refractivity contribution in [1.29, 1.82) is 5.26 Å². The molecule has 2 aliphatic heterocycles. The molecule has 0 aromatic carbocycles. The molecular weight excluding hydrogens is 220 g/mol. The highest BCUT2D eigenvalue weighted by Gasteiger charge is 2.40. The summed E-state index contributed by atoms with van der Waals surface area (Å²) in [6, 6.07) is 1.88. The molecule has 0 aliphatic carbocycles. The molecule has 17 heavy (non-hydrogen) atoms. The number of ether oxygens (including phenoxy) is 1. The summed E-state index contributed by atoms with van der Waals surface area (Å²) in [4.78, 5) is 13.3. The van der Waals surface area contributed by atoms with Crippen LogP contribution in [0.5, 0.6) is 0 Å². The van der Waals surface area contributed by atoms with Gasteiger partial charge in [-0.25, -0.2) is 0 Å². The Morgan fingerprint density at radius 3 is 2.82 bits per heavy atom. The lowest BCUT2D eigenvalue weighted by Gasteiger charge is -2.45. The second kappa shape index (κ2) is 5.03. The van der Waals surface area contributed by atoms with Gasteiger partial charge in [0, 0.05) is 26.1 Å². The number of aliphatic hydroxyl groups excluding tert-OH is 1. The number of nitriles is 1. The van der Waals surface area contributed by atoms with Gasteiger partial charge in [-0.2, -0.15) is 5.26 Å². The Bertz CT molecular complexity index is 329. The fraction of sp³-hybridized carbons (Fsp3) is 0.833. The fourth-order valence-electron chi connectivity index (χ4n) is 2.69. The first-order chi connectivity index (χ1) is 8.15. The summed E-state index contributed by atoms with van der Waals surface area (Å²) < 4.78 is 5.80. The molecule has 0 saturated carbocycles. The van der Waals surface area contributed by atoms with Gasteiger partial charge in [-0.3, -0.25) is 4.79 Å². The number of hydrogen-bond acceptors (Lipinski definition) is 4. The monoisotopic (exact) mass is 238 g/mol. The molecule has 1 amide bonds. The maximum atomic E-state index is 11.5. The second-order valence-corrected chi connectivity index (χ2v) is 4.89. The van der Waals surface area contributed by atoms with E-state index in [1.165, 1.54) is 0 Å². The summed E-state index contributed by atoms with van der Waals surface area (Å²) in [6.07, 6.45) is 2.59. The molecule has 2 heterocycles. The Hall–Kier alpha value is -1.12. The van der Waals surface area contributed by atoms with E-state index in [1.54, 1.807) is 4.90 Å². The van der Waals surface area contributed by atoms with Crippen LogP contribution in [0.2, 0.25) is 0 Å². The molecule has 5 heteroatoms. The first-order valence-electron chi connectivity index (χ1n) is 6.12. The molecule has 2 rings (SSSR count). The van der Waals surface area contributed by atoms with E-state index < -0.39 is 0 Å². The van der Waals surface area contributed by atoms with Gasteiger partial charge in [-0.1, -0.05) is 0 Å². The average Bonchev–Trinajstić information content (AvgIpc) is 2.30. The molecule has 2 saturated heterocycles. The van der Waals surface area contributed by atoms with E-state index in [0.29, 0.717) is 32.5 Å². The van der Waals surface area contributed by atoms with Gasteiger partial charge in [0.15, 0.2) is 0 Å². The predicted octanol–water partition coefficient (Wildman–Crippen LogP) is 0.433. The Balaban J connectivity index is 1.89. The van der Waals surface area contributed by atoms with Crippen LogP contribution in [-0.4, -0.2) is 47.3 Å². The van der Waals surface area contributed by atoms with Crippen molar-refractivity contribution in [1.82, 2.24) is 4.90 Å². The largest absolute Gasteiger partial charge is 0.393 e. The quantitative estimate of drug-likeness (QED) is 0.719. The number of nitrogens with zero attached hydrogens (tertiary/aromatic N) is 2. The Labute approximate surface area is 101 Å². The van der Waals surface area contributed by atoms with Gasteiger partial charge in [0.05, 0.1) is 17.8 Å². The van der Waals surface area contributed by atoms with E-state index in [-0.39, 0.29) is 24.0 Å². The van der Waals surface area contributed by atoms with Crippen LogP contribution in [0.4, 0.5) is 0 Å². The maximum absolute atomic E-state index is 11.5. The molecule has 1 spiro atoms. The smallest absolute Gasteiger partial charge is 0.236 e. The molecule has 1 atom stereocenters. The zero-order valence-corrected chi connectivity index (χ0v) is 9.89. The molecular formula is C12H18N2O3. The van der Waals surface area contributed by atoms with Gasteiger partial charge >= 0.3 is 0 Å². The number of amides is 1. The topological polar surface area (TPSA) is 73.6 Å². The molecule has 0 radical (unpaired) electrons. The predicted molar refractivity (Wildman–Crippen MR) is 60.0 cm³/mol. The Morgan fingerprint density at radius 2 is 2.24 bits per heavy atom. The summed E-state index contributed by atoms with van der Waals surface area (Å²) in [5, 5.41) is 18.2. The molecule has 2 aliphatic rings. The van der Waals surface area contributed by atoms with Crippen molar-refractivity contribution >= 4 is 5.91 Å². The van der Waals surface area contributed by atoms with Gasteiger partial charge in [-0.15, -0.1) is 0 Å². The standard InChI is InChI=1S/C12H18N2O3/c13-5-1-11(16)14-6-3-12(4-7-14)9-10(15)2-8-17-12/h10,15H,1-4,6-9H2/t10-/m1/s1. The van der Waals surface area contributed by atoms with E-state index in [1.807, 2.05) is 6.07 Å². The van der Waals surface area contributed by atoms with Crippen LogP contribution in [0, 0.1) is 11.3 Å². The van der Waals surface area contributed by atoms with Crippen LogP contribution in [-0.2, 0) is 9.53 Å². The zero-order valence-electron chi connectivity index (χ0n) is 9.89. The Kier molecular flexibility index (Phi) is 3.65. The molecule has 0 aromatic heterocycles. The Morgan fingerprint density at radius 1 is 1.53 bits per heavy atom. The lowest BCUT2D eigenvalue weighted by molar-refractivity contribution is -0.153. The van der Waals surface area contributed by atoms with E-state index >= 15 is 0 Å². The number of carbonyl (C=O) groups excluding carboxylic acids is 1. The number of aliphatic hydroxyl groups is 1. The van der Waals surface area contributed by atoms with E-state index in [4.69, 9.17) is 10.00 Å². The van der Waals surface area contributed by atoms with Crippen LogP contribution in [0.25, 0.3) is 0 Å². The highest BCUT2D eigenvalue weighted by Crippen LogP contribution is 2.35. The van der Waals surface area contributed by atoms with Crippen molar-refractivity contribution in [3.05, 3.63) is 0 Å². The molecule has 94 valence electrons. The average molecular weight is 238 g/mol. The van der Waals surface area contributed by atoms with Crippen molar-refractivity contribution in [3.63, 3.8) is 0 Å². The van der Waals surface area contributed by atoms with Crippen molar-refractivity contribution in [3.8, 4) is 6.07 Å². The number of rotatable bonds is 1. The summed E-state index contributed by atoms with van der Waals surface area (Å²) in [6.45, 7) is 1.87. The number of carbonyl (C=O) groups is 1. The second-order valence-electron chi connectivity index (χ2n) is 4.89. The van der Waals surface area contributed by atoms with Gasteiger partial charge < -0.3 is 14.7 Å². The fourth-order valence-corrected chi connectivity index (χ4v) is 2.69. The molecule has 0 aromatic rings. The summed E-state index contributed by atoms with van der Waals surface area (Å²) in [5.74, 6) is -0.0984. The van der Waals surface area contributed by atoms with Crippen LogP contribution < -0.4 is 0 Å². The summed E-state index contributed by atoms with van der Waals surface area (Å²) in [7, 11) is 0. The molecule has 2 fully saturated rings. The molecule has 1 N–H and O–H groups in total. The third-order valence-electron chi connectivity index (χ3n) is 3.72. The SMILES string of the molecule is N#CCC(=O)N1CCC2(CC1)C[C@H](O)CCO2. The third kappa shape index (κ3) is 2.76. The van der Waals surface area contributed by atoms with Crippen LogP contribution >= 0.6 is 0 Å². The van der Waals surface area contributed by atoms with Crippen LogP contribution in [0.15, 0.2) is 0 Å². The molecule has 5 nitrogen and oxygen atoms in total. The van der Waals surface area contributed by atoms with E-state index in [9.17, 15) is 9.90 Å². The first-order valence-corrected chi connectivity index (χ1v) is 6.12. The van der Waals surface area contributed by atoms with Crippen LogP contribution in [0.1, 0.15) is 32.1 Å². The first kappa shape index (κ1) is 12.3. The van der Waals surface area contributed by atoms with Gasteiger partial charge in [0.1, 0.15) is 6.42 Å². The number of likely N-dealkylation sites (tertiary alicyclic amines) is 1. The minimum absolute atomic E-state index is 0.0452. The minimum Gasteiger partial charge on any atom is -0.393 e. The van der Waals surface area contributed by atoms with Gasteiger partial charge in [-0.05, 0) is 19.3 Å². The number of piperidine rings is 1. The highest BCUT2D eigenvalue weighted by atomic mass is 16.5. The molecule has 0 bridgehead atoms. The normalized spacial score (nSPS) is 27.8. The lowest BCUT2D eigenvalue weighted by Crippen LogP contribution is -2.51. The van der Waals surface area contributed by atoms with Crippen molar-refractivity contribution in [2.75, 3.05) is 19.7 Å². The van der Waals surface area contributed by atoms with Crippen molar-refractivity contribution < 1.29 is 14.6 Å². The highest BCUT2D eigenvalue weighted by molar-refractivity contribution is 5.78.